The number of aromatic nitrogens is 1. The zero-order chi connectivity index (χ0) is 15.7. The minimum Gasteiger partial charge on any atom is -0.337 e. The lowest BCUT2D eigenvalue weighted by Gasteiger charge is -2.38. The van der Waals surface area contributed by atoms with Gasteiger partial charge in [0, 0.05) is 37.8 Å². The summed E-state index contributed by atoms with van der Waals surface area (Å²) in [4.78, 5) is 21.7. The third-order valence-electron chi connectivity index (χ3n) is 5.94. The first-order valence-corrected chi connectivity index (χ1v) is 9.18. The topological polar surface area (TPSA) is 36.4 Å². The number of likely N-dealkylation sites (tertiary alicyclic amines) is 2. The molecule has 0 unspecified atom stereocenters. The quantitative estimate of drug-likeness (QED) is 0.857. The van der Waals surface area contributed by atoms with Crippen LogP contribution in [0.4, 0.5) is 0 Å². The second-order valence-electron chi connectivity index (χ2n) is 7.62. The fourth-order valence-electron chi connectivity index (χ4n) is 4.36. The largest absolute Gasteiger partial charge is 0.337 e. The summed E-state index contributed by atoms with van der Waals surface area (Å²) in [5.41, 5.74) is 1.32. The van der Waals surface area contributed by atoms with Crippen molar-refractivity contribution in [1.82, 2.24) is 14.8 Å². The van der Waals surface area contributed by atoms with E-state index in [0.29, 0.717) is 5.91 Å². The molecule has 2 saturated heterocycles. The third kappa shape index (κ3) is 3.27. The van der Waals surface area contributed by atoms with E-state index in [-0.39, 0.29) is 5.54 Å². The van der Waals surface area contributed by atoms with E-state index in [4.69, 9.17) is 0 Å². The lowest BCUT2D eigenvalue weighted by molar-refractivity contribution is -0.131. The minimum absolute atomic E-state index is 0.165. The van der Waals surface area contributed by atoms with Crippen LogP contribution in [0.25, 0.3) is 0 Å². The Labute approximate surface area is 138 Å². The van der Waals surface area contributed by atoms with Gasteiger partial charge in [-0.2, -0.15) is 0 Å². The molecular formula is C19H27N3O. The van der Waals surface area contributed by atoms with Gasteiger partial charge in [-0.15, -0.1) is 0 Å². The van der Waals surface area contributed by atoms with Gasteiger partial charge < -0.3 is 4.90 Å². The maximum absolute atomic E-state index is 12.4. The molecule has 1 amide bonds. The summed E-state index contributed by atoms with van der Waals surface area (Å²) in [5.74, 6) is 1.21. The first-order chi connectivity index (χ1) is 11.3. The van der Waals surface area contributed by atoms with Gasteiger partial charge in [0.25, 0.3) is 0 Å². The summed E-state index contributed by atoms with van der Waals surface area (Å²) < 4.78 is 0. The molecule has 4 rings (SSSR count). The van der Waals surface area contributed by atoms with E-state index in [1.165, 1.54) is 25.7 Å². The summed E-state index contributed by atoms with van der Waals surface area (Å²) in [7, 11) is 0. The van der Waals surface area contributed by atoms with Crippen LogP contribution in [0.5, 0.6) is 0 Å². The number of nitrogens with zero attached hydrogens (tertiary/aromatic N) is 3. The van der Waals surface area contributed by atoms with Gasteiger partial charge in [-0.3, -0.25) is 14.7 Å². The number of pyridine rings is 1. The Bertz CT molecular complexity index is 557. The van der Waals surface area contributed by atoms with Crippen LogP contribution >= 0.6 is 0 Å². The Morgan fingerprint density at radius 1 is 1.17 bits per heavy atom. The normalized spacial score (nSPS) is 29.2. The van der Waals surface area contributed by atoms with Crippen molar-refractivity contribution in [1.29, 1.82) is 0 Å². The molecule has 124 valence electrons. The summed E-state index contributed by atoms with van der Waals surface area (Å²) in [6.45, 7) is 4.18. The second-order valence-corrected chi connectivity index (χ2v) is 7.62. The molecule has 2 aliphatic heterocycles. The van der Waals surface area contributed by atoms with Crippen molar-refractivity contribution in [2.45, 2.75) is 57.0 Å². The molecule has 1 aliphatic carbocycles. The minimum atomic E-state index is 0.165. The third-order valence-corrected chi connectivity index (χ3v) is 5.94. The molecule has 3 heterocycles. The molecule has 0 radical (unpaired) electrons. The van der Waals surface area contributed by atoms with E-state index in [9.17, 15) is 4.79 Å². The molecule has 1 aromatic rings. The molecule has 3 aliphatic rings. The van der Waals surface area contributed by atoms with Crippen LogP contribution in [0.2, 0.25) is 0 Å². The number of rotatable bonds is 4. The predicted octanol–water partition coefficient (Wildman–Crippen LogP) is 2.84. The van der Waals surface area contributed by atoms with Gasteiger partial charge in [0.05, 0.1) is 5.69 Å². The van der Waals surface area contributed by atoms with Gasteiger partial charge >= 0.3 is 0 Å². The van der Waals surface area contributed by atoms with E-state index in [2.05, 4.69) is 26.9 Å². The first-order valence-electron chi connectivity index (χ1n) is 9.18. The van der Waals surface area contributed by atoms with Gasteiger partial charge in [-0.05, 0) is 63.1 Å². The Hall–Kier alpha value is -1.42. The molecule has 0 bridgehead atoms. The van der Waals surface area contributed by atoms with Gasteiger partial charge in [0.2, 0.25) is 5.91 Å². The van der Waals surface area contributed by atoms with Crippen LogP contribution in [-0.4, -0.2) is 45.9 Å². The Balaban J connectivity index is 1.42. The van der Waals surface area contributed by atoms with Gasteiger partial charge in [0.15, 0.2) is 0 Å². The summed E-state index contributed by atoms with van der Waals surface area (Å²) in [5, 5.41) is 0. The van der Waals surface area contributed by atoms with E-state index in [1.807, 2.05) is 12.3 Å². The highest BCUT2D eigenvalue weighted by Crippen LogP contribution is 2.42. The van der Waals surface area contributed by atoms with Gasteiger partial charge in [-0.1, -0.05) is 6.07 Å². The molecule has 23 heavy (non-hydrogen) atoms. The van der Waals surface area contributed by atoms with Gasteiger partial charge in [0.1, 0.15) is 0 Å². The molecule has 0 N–H and O–H groups in total. The number of hydrogen-bond donors (Lipinski definition) is 0. The molecule has 1 spiro atoms. The molecule has 3 fully saturated rings. The fraction of sp³-hybridized carbons (Fsp3) is 0.684. The number of carbonyl (C=O) groups is 1. The van der Waals surface area contributed by atoms with Crippen LogP contribution in [0.3, 0.4) is 0 Å². The Morgan fingerprint density at radius 3 is 2.87 bits per heavy atom. The number of carbonyl (C=O) groups excluding carboxylic acids is 1. The highest BCUT2D eigenvalue weighted by Gasteiger charge is 2.47. The first kappa shape index (κ1) is 15.1. The van der Waals surface area contributed by atoms with Crippen molar-refractivity contribution in [3.63, 3.8) is 0 Å². The van der Waals surface area contributed by atoms with Crippen LogP contribution < -0.4 is 0 Å². The number of amides is 1. The fourth-order valence-corrected chi connectivity index (χ4v) is 4.36. The van der Waals surface area contributed by atoms with Crippen molar-refractivity contribution >= 4 is 5.91 Å². The standard InChI is InChI=1S/C19H27N3O/c23-18-7-9-19(22(18)14-16-5-6-16)8-3-12-21(13-10-19)15-17-4-1-2-11-20-17/h1-2,4,11,16H,3,5-10,12-15H2/t19-/m0/s1. The summed E-state index contributed by atoms with van der Waals surface area (Å²) >= 11 is 0. The van der Waals surface area contributed by atoms with E-state index in [1.54, 1.807) is 0 Å². The summed E-state index contributed by atoms with van der Waals surface area (Å²) in [6.07, 6.45) is 9.89. The van der Waals surface area contributed by atoms with Crippen LogP contribution in [-0.2, 0) is 11.3 Å². The molecule has 1 atom stereocenters. The zero-order valence-electron chi connectivity index (χ0n) is 13.9. The van der Waals surface area contributed by atoms with Crippen molar-refractivity contribution in [3.05, 3.63) is 30.1 Å². The highest BCUT2D eigenvalue weighted by molar-refractivity contribution is 5.79. The molecular weight excluding hydrogens is 286 g/mol. The zero-order valence-corrected chi connectivity index (χ0v) is 13.9. The van der Waals surface area contributed by atoms with Crippen molar-refractivity contribution in [3.8, 4) is 0 Å². The molecule has 4 heteroatoms. The molecule has 0 aromatic carbocycles. The average molecular weight is 313 g/mol. The summed E-state index contributed by atoms with van der Waals surface area (Å²) in [6, 6.07) is 6.15. The lowest BCUT2D eigenvalue weighted by atomic mass is 9.87. The van der Waals surface area contributed by atoms with Crippen LogP contribution in [0, 0.1) is 5.92 Å². The SMILES string of the molecule is O=C1CC[C@]2(CCCN(Cc3ccccn3)CC2)N1CC1CC1. The Kier molecular flexibility index (Phi) is 4.10. The number of hydrogen-bond acceptors (Lipinski definition) is 3. The lowest BCUT2D eigenvalue weighted by Crippen LogP contribution is -2.47. The smallest absolute Gasteiger partial charge is 0.223 e. The molecule has 4 nitrogen and oxygen atoms in total. The Morgan fingerprint density at radius 2 is 2.09 bits per heavy atom. The van der Waals surface area contributed by atoms with E-state index < -0.39 is 0 Å². The molecule has 1 aromatic heterocycles. The van der Waals surface area contributed by atoms with Crippen molar-refractivity contribution < 1.29 is 4.79 Å². The van der Waals surface area contributed by atoms with Crippen molar-refractivity contribution in [2.24, 2.45) is 5.92 Å². The molecule has 1 saturated carbocycles. The van der Waals surface area contributed by atoms with Crippen LogP contribution in [0.15, 0.2) is 24.4 Å². The highest BCUT2D eigenvalue weighted by atomic mass is 16.2. The second kappa shape index (κ2) is 6.23. The van der Waals surface area contributed by atoms with Crippen molar-refractivity contribution in [2.75, 3.05) is 19.6 Å². The average Bonchev–Trinajstić information content (AvgIpc) is 3.35. The van der Waals surface area contributed by atoms with E-state index in [0.717, 1.165) is 57.1 Å². The van der Waals surface area contributed by atoms with Crippen LogP contribution in [0.1, 0.15) is 50.6 Å². The maximum Gasteiger partial charge on any atom is 0.223 e. The predicted molar refractivity (Wildman–Crippen MR) is 89.8 cm³/mol. The van der Waals surface area contributed by atoms with E-state index >= 15 is 0 Å². The van der Waals surface area contributed by atoms with Gasteiger partial charge in [-0.25, -0.2) is 0 Å². The monoisotopic (exact) mass is 313 g/mol. The maximum atomic E-state index is 12.4.